The van der Waals surface area contributed by atoms with Crippen LogP contribution in [0.5, 0.6) is 0 Å². The van der Waals surface area contributed by atoms with Gasteiger partial charge in [-0.2, -0.15) is 4.31 Å². The number of amides is 1. The van der Waals surface area contributed by atoms with Gasteiger partial charge in [0.25, 0.3) is 0 Å². The van der Waals surface area contributed by atoms with Crippen LogP contribution in [-0.2, 0) is 19.6 Å². The molecular weight excluding hydrogens is 284 g/mol. The summed E-state index contributed by atoms with van der Waals surface area (Å²) < 4.78 is 25.4. The molecule has 0 saturated heterocycles. The van der Waals surface area contributed by atoms with Gasteiger partial charge in [-0.05, 0) is 19.3 Å². The third kappa shape index (κ3) is 6.85. The van der Waals surface area contributed by atoms with Crippen LogP contribution in [0.25, 0.3) is 0 Å². The van der Waals surface area contributed by atoms with Gasteiger partial charge in [0.05, 0.1) is 5.75 Å². The molecule has 0 spiro atoms. The van der Waals surface area contributed by atoms with E-state index in [0.717, 1.165) is 4.31 Å². The summed E-state index contributed by atoms with van der Waals surface area (Å²) in [5, 5.41) is 11.5. The zero-order valence-electron chi connectivity index (χ0n) is 12.4. The summed E-state index contributed by atoms with van der Waals surface area (Å²) in [4.78, 5) is 21.8. The molecule has 0 aromatic heterocycles. The van der Waals surface area contributed by atoms with Crippen molar-refractivity contribution in [3.63, 3.8) is 0 Å². The quantitative estimate of drug-likeness (QED) is 0.636. The van der Waals surface area contributed by atoms with Crippen LogP contribution >= 0.6 is 0 Å². The Morgan fingerprint density at radius 2 is 1.80 bits per heavy atom. The first-order valence-corrected chi connectivity index (χ1v) is 8.15. The minimum Gasteiger partial charge on any atom is -0.480 e. The van der Waals surface area contributed by atoms with Crippen LogP contribution in [0.1, 0.15) is 34.1 Å². The first-order chi connectivity index (χ1) is 9.08. The van der Waals surface area contributed by atoms with Crippen LogP contribution in [0, 0.1) is 5.92 Å². The number of carbonyl (C=O) groups is 2. The zero-order chi connectivity index (χ0) is 15.9. The molecule has 0 saturated carbocycles. The van der Waals surface area contributed by atoms with Gasteiger partial charge in [0, 0.05) is 20.0 Å². The Balaban J connectivity index is 4.90. The van der Waals surface area contributed by atoms with Crippen molar-refractivity contribution >= 4 is 21.9 Å². The average Bonchev–Trinajstić information content (AvgIpc) is 2.30. The lowest BCUT2D eigenvalue weighted by Crippen LogP contribution is -2.47. The Kier molecular flexibility index (Phi) is 7.74. The first kappa shape index (κ1) is 18.9. The molecule has 0 aromatic carbocycles. The Morgan fingerprint density at radius 3 is 2.20 bits per heavy atom. The molecule has 0 rings (SSSR count). The Morgan fingerprint density at radius 1 is 1.25 bits per heavy atom. The summed E-state index contributed by atoms with van der Waals surface area (Å²) in [6.07, 6.45) is 0.464. The number of sulfonamides is 1. The fraction of sp³-hybridized carbons (Fsp3) is 0.833. The van der Waals surface area contributed by atoms with E-state index in [2.05, 4.69) is 5.32 Å². The van der Waals surface area contributed by atoms with Crippen LogP contribution in [0.4, 0.5) is 0 Å². The normalized spacial score (nSPS) is 13.5. The highest BCUT2D eigenvalue weighted by Crippen LogP contribution is 2.12. The number of carboxylic acid groups (broad SMARTS) is 1. The number of carbonyl (C=O) groups excluding carboxylic acids is 1. The summed E-state index contributed by atoms with van der Waals surface area (Å²) in [5.74, 6) is -1.38. The second-order valence-electron chi connectivity index (χ2n) is 5.11. The van der Waals surface area contributed by atoms with Gasteiger partial charge in [0.2, 0.25) is 15.9 Å². The highest BCUT2D eigenvalue weighted by Gasteiger charge is 2.31. The maximum atomic E-state index is 12.2. The van der Waals surface area contributed by atoms with Gasteiger partial charge in [0.15, 0.2) is 0 Å². The molecule has 2 N–H and O–H groups in total. The van der Waals surface area contributed by atoms with Crippen LogP contribution in [0.15, 0.2) is 0 Å². The zero-order valence-corrected chi connectivity index (χ0v) is 13.2. The van der Waals surface area contributed by atoms with Gasteiger partial charge in [-0.15, -0.1) is 0 Å². The summed E-state index contributed by atoms with van der Waals surface area (Å²) in [5.41, 5.74) is 0. The number of hydrogen-bond donors (Lipinski definition) is 2. The van der Waals surface area contributed by atoms with Crippen molar-refractivity contribution in [2.45, 2.75) is 40.2 Å². The van der Waals surface area contributed by atoms with Crippen molar-refractivity contribution in [3.8, 4) is 0 Å². The molecule has 0 aliphatic heterocycles. The summed E-state index contributed by atoms with van der Waals surface area (Å²) in [6, 6.07) is -1.15. The van der Waals surface area contributed by atoms with Crippen molar-refractivity contribution in [2.24, 2.45) is 5.92 Å². The average molecular weight is 308 g/mol. The molecule has 0 aliphatic carbocycles. The number of nitrogens with zero attached hydrogens (tertiary/aromatic N) is 1. The molecule has 20 heavy (non-hydrogen) atoms. The van der Waals surface area contributed by atoms with Crippen molar-refractivity contribution < 1.29 is 23.1 Å². The van der Waals surface area contributed by atoms with Crippen molar-refractivity contribution in [1.82, 2.24) is 9.62 Å². The third-order valence-electron chi connectivity index (χ3n) is 2.81. The lowest BCUT2D eigenvalue weighted by Gasteiger charge is -2.26. The molecule has 0 heterocycles. The smallest absolute Gasteiger partial charge is 0.321 e. The molecule has 0 aromatic rings. The molecular formula is C12H24N2O5S. The fourth-order valence-electron chi connectivity index (χ4n) is 1.54. The molecule has 0 aliphatic rings. The van der Waals surface area contributed by atoms with Crippen molar-refractivity contribution in [2.75, 3.05) is 18.8 Å². The van der Waals surface area contributed by atoms with E-state index in [4.69, 9.17) is 5.11 Å². The number of carboxylic acids is 1. The number of aliphatic carboxylic acids is 1. The Labute approximate surface area is 120 Å². The minimum atomic E-state index is -3.66. The van der Waals surface area contributed by atoms with Crippen LogP contribution < -0.4 is 5.32 Å². The van der Waals surface area contributed by atoms with Gasteiger partial charge < -0.3 is 10.4 Å². The topological polar surface area (TPSA) is 104 Å². The molecule has 0 bridgehead atoms. The molecule has 1 atom stereocenters. The highest BCUT2D eigenvalue weighted by molar-refractivity contribution is 7.89. The van der Waals surface area contributed by atoms with E-state index < -0.39 is 22.0 Å². The standard InChI is InChI=1S/C12H24N2O5S/c1-9(2)5-8-20(18,19)14(10(3)12(16)17)7-6-13-11(4)15/h9-10H,5-8H2,1-4H3,(H,13,15)(H,16,17). The maximum absolute atomic E-state index is 12.2. The lowest BCUT2D eigenvalue weighted by atomic mass is 10.2. The second kappa shape index (κ2) is 8.21. The fourth-order valence-corrected chi connectivity index (χ4v) is 3.49. The van der Waals surface area contributed by atoms with E-state index in [1.165, 1.54) is 13.8 Å². The van der Waals surface area contributed by atoms with E-state index in [1.807, 2.05) is 13.8 Å². The lowest BCUT2D eigenvalue weighted by molar-refractivity contribution is -0.140. The SMILES string of the molecule is CC(=O)NCCN(C(C)C(=O)O)S(=O)(=O)CCC(C)C. The number of nitrogens with one attached hydrogen (secondary N) is 1. The largest absolute Gasteiger partial charge is 0.480 e. The number of hydrogen-bond acceptors (Lipinski definition) is 4. The second-order valence-corrected chi connectivity index (χ2v) is 7.15. The predicted molar refractivity (Wildman–Crippen MR) is 75.7 cm³/mol. The van der Waals surface area contributed by atoms with Gasteiger partial charge in [-0.1, -0.05) is 13.8 Å². The van der Waals surface area contributed by atoms with Gasteiger partial charge in [0.1, 0.15) is 6.04 Å². The monoisotopic (exact) mass is 308 g/mol. The minimum absolute atomic E-state index is 0.0481. The van der Waals surface area contributed by atoms with Gasteiger partial charge in [-0.25, -0.2) is 8.42 Å². The molecule has 1 unspecified atom stereocenters. The van der Waals surface area contributed by atoms with E-state index in [1.54, 1.807) is 0 Å². The Hall–Kier alpha value is -1.15. The summed E-state index contributed by atoms with van der Waals surface area (Å²) in [7, 11) is -3.66. The summed E-state index contributed by atoms with van der Waals surface area (Å²) >= 11 is 0. The predicted octanol–water partition coefficient (Wildman–Crippen LogP) is 0.274. The van der Waals surface area contributed by atoms with E-state index in [0.29, 0.717) is 6.42 Å². The van der Waals surface area contributed by atoms with Gasteiger partial charge in [-0.3, -0.25) is 9.59 Å². The first-order valence-electron chi connectivity index (χ1n) is 6.54. The van der Waals surface area contributed by atoms with Crippen LogP contribution in [0.3, 0.4) is 0 Å². The molecule has 118 valence electrons. The summed E-state index contributed by atoms with van der Waals surface area (Å²) in [6.45, 7) is 6.48. The van der Waals surface area contributed by atoms with Gasteiger partial charge >= 0.3 is 5.97 Å². The van der Waals surface area contributed by atoms with E-state index >= 15 is 0 Å². The van der Waals surface area contributed by atoms with Crippen LogP contribution in [-0.4, -0.2) is 54.6 Å². The molecule has 0 fully saturated rings. The van der Waals surface area contributed by atoms with E-state index in [9.17, 15) is 18.0 Å². The third-order valence-corrected chi connectivity index (χ3v) is 4.77. The molecule has 8 heteroatoms. The molecule has 1 amide bonds. The highest BCUT2D eigenvalue weighted by atomic mass is 32.2. The van der Waals surface area contributed by atoms with Crippen LogP contribution in [0.2, 0.25) is 0 Å². The Bertz CT molecular complexity index is 433. The van der Waals surface area contributed by atoms with E-state index in [-0.39, 0.29) is 30.7 Å². The maximum Gasteiger partial charge on any atom is 0.321 e. The van der Waals surface area contributed by atoms with Crippen molar-refractivity contribution in [1.29, 1.82) is 0 Å². The van der Waals surface area contributed by atoms with Crippen molar-refractivity contribution in [3.05, 3.63) is 0 Å². The molecule has 7 nitrogen and oxygen atoms in total. The number of rotatable bonds is 9. The molecule has 0 radical (unpaired) electrons.